The number of aromatic nitrogens is 2. The van der Waals surface area contributed by atoms with Crippen molar-refractivity contribution < 1.29 is 14.3 Å². The molecular formula is C22H21N5O3. The highest BCUT2D eigenvalue weighted by molar-refractivity contribution is 6.08. The van der Waals surface area contributed by atoms with Crippen molar-refractivity contribution in [1.82, 2.24) is 19.8 Å². The number of fused-ring (bicyclic) bond motifs is 2. The number of benzene rings is 2. The van der Waals surface area contributed by atoms with Crippen LogP contribution >= 0.6 is 0 Å². The summed E-state index contributed by atoms with van der Waals surface area (Å²) in [6.07, 6.45) is 5.39. The first-order valence-corrected chi connectivity index (χ1v) is 9.74. The number of imidazole rings is 1. The van der Waals surface area contributed by atoms with Gasteiger partial charge in [0.05, 0.1) is 32.2 Å². The lowest BCUT2D eigenvalue weighted by molar-refractivity contribution is -0.121. The number of carbonyl (C=O) groups is 1. The van der Waals surface area contributed by atoms with E-state index in [0.29, 0.717) is 37.2 Å². The van der Waals surface area contributed by atoms with Gasteiger partial charge in [-0.15, -0.1) is 0 Å². The number of guanidine groups is 1. The molecule has 1 saturated heterocycles. The first-order valence-electron chi connectivity index (χ1n) is 9.74. The van der Waals surface area contributed by atoms with Gasteiger partial charge in [0.25, 0.3) is 5.91 Å². The van der Waals surface area contributed by atoms with Gasteiger partial charge in [-0.1, -0.05) is 30.3 Å². The van der Waals surface area contributed by atoms with Crippen LogP contribution in [0.1, 0.15) is 17.2 Å². The van der Waals surface area contributed by atoms with Crippen molar-refractivity contribution >= 4 is 17.6 Å². The van der Waals surface area contributed by atoms with Gasteiger partial charge >= 0.3 is 0 Å². The number of hydrogen-bond donors (Lipinski definition) is 1. The Morgan fingerprint density at radius 2 is 2.07 bits per heavy atom. The Labute approximate surface area is 173 Å². The van der Waals surface area contributed by atoms with Crippen molar-refractivity contribution in [3.63, 3.8) is 0 Å². The normalized spacial score (nSPS) is 17.1. The third-order valence-corrected chi connectivity index (χ3v) is 5.31. The van der Waals surface area contributed by atoms with Gasteiger partial charge in [0.15, 0.2) is 11.5 Å². The van der Waals surface area contributed by atoms with Gasteiger partial charge in [-0.25, -0.2) is 9.98 Å². The van der Waals surface area contributed by atoms with Crippen molar-refractivity contribution in [2.24, 2.45) is 4.99 Å². The zero-order valence-corrected chi connectivity index (χ0v) is 16.5. The lowest BCUT2D eigenvalue weighted by atomic mass is 10.0. The molecule has 1 unspecified atom stereocenters. The molecule has 0 radical (unpaired) electrons. The van der Waals surface area contributed by atoms with E-state index >= 15 is 0 Å². The van der Waals surface area contributed by atoms with Crippen LogP contribution in [0.15, 0.2) is 66.2 Å². The second-order valence-corrected chi connectivity index (χ2v) is 7.11. The molecule has 1 aromatic heterocycles. The van der Waals surface area contributed by atoms with Crippen LogP contribution < -0.4 is 14.8 Å². The van der Waals surface area contributed by atoms with Crippen LogP contribution in [0.25, 0.3) is 0 Å². The molecule has 3 heterocycles. The SMILES string of the molecule is COc1c(OCCn2ccnc2)ccc2c1CN1C(=N2)NC(=O)C1c1ccccc1. The second kappa shape index (κ2) is 7.55. The van der Waals surface area contributed by atoms with Crippen LogP contribution in [0.4, 0.5) is 5.69 Å². The monoisotopic (exact) mass is 403 g/mol. The van der Waals surface area contributed by atoms with E-state index in [2.05, 4.69) is 15.3 Å². The van der Waals surface area contributed by atoms with E-state index in [1.165, 1.54) is 0 Å². The van der Waals surface area contributed by atoms with Crippen molar-refractivity contribution in [1.29, 1.82) is 0 Å². The minimum Gasteiger partial charge on any atom is -0.492 e. The second-order valence-electron chi connectivity index (χ2n) is 7.11. The number of nitrogens with one attached hydrogen (secondary N) is 1. The predicted molar refractivity (Wildman–Crippen MR) is 111 cm³/mol. The number of aliphatic imine (C=N–C) groups is 1. The van der Waals surface area contributed by atoms with Crippen molar-refractivity contribution in [2.45, 2.75) is 19.1 Å². The smallest absolute Gasteiger partial charge is 0.254 e. The number of hydrogen-bond acceptors (Lipinski definition) is 6. The molecule has 1 fully saturated rings. The molecule has 0 spiro atoms. The Kier molecular flexibility index (Phi) is 4.59. The molecule has 0 saturated carbocycles. The van der Waals surface area contributed by atoms with Crippen molar-refractivity contribution in [3.8, 4) is 11.5 Å². The van der Waals surface area contributed by atoms with Crippen molar-refractivity contribution in [2.75, 3.05) is 13.7 Å². The summed E-state index contributed by atoms with van der Waals surface area (Å²) in [6, 6.07) is 13.0. The first kappa shape index (κ1) is 18.2. The molecule has 1 atom stereocenters. The molecule has 2 aliphatic heterocycles. The highest BCUT2D eigenvalue weighted by Crippen LogP contribution is 2.43. The highest BCUT2D eigenvalue weighted by Gasteiger charge is 2.41. The van der Waals surface area contributed by atoms with Gasteiger partial charge in [-0.05, 0) is 17.7 Å². The third-order valence-electron chi connectivity index (χ3n) is 5.31. The minimum absolute atomic E-state index is 0.0801. The topological polar surface area (TPSA) is 81.0 Å². The number of nitrogens with zero attached hydrogens (tertiary/aromatic N) is 4. The number of methoxy groups -OCH3 is 1. The van der Waals surface area contributed by atoms with Crippen LogP contribution in [-0.4, -0.2) is 40.0 Å². The fourth-order valence-corrected chi connectivity index (χ4v) is 3.89. The molecule has 3 aromatic rings. The van der Waals surface area contributed by atoms with Gasteiger partial charge in [0.2, 0.25) is 5.96 Å². The minimum atomic E-state index is -0.423. The summed E-state index contributed by atoms with van der Waals surface area (Å²) in [5.74, 6) is 1.79. The molecule has 5 rings (SSSR count). The molecule has 152 valence electrons. The van der Waals surface area contributed by atoms with Crippen molar-refractivity contribution in [3.05, 3.63) is 72.3 Å². The fraction of sp³-hybridized carbons (Fsp3) is 0.227. The molecule has 2 aromatic carbocycles. The molecule has 2 aliphatic rings. The molecule has 8 heteroatoms. The first-order chi connectivity index (χ1) is 14.7. The fourth-order valence-electron chi connectivity index (χ4n) is 3.89. The molecule has 8 nitrogen and oxygen atoms in total. The highest BCUT2D eigenvalue weighted by atomic mass is 16.5. The van der Waals surface area contributed by atoms with Crippen LogP contribution in [-0.2, 0) is 17.9 Å². The number of amides is 1. The lowest BCUT2D eigenvalue weighted by Crippen LogP contribution is -2.33. The van der Waals surface area contributed by atoms with Gasteiger partial charge in [-0.2, -0.15) is 0 Å². The third kappa shape index (κ3) is 3.16. The van der Waals surface area contributed by atoms with Gasteiger partial charge in [0, 0.05) is 18.0 Å². The maximum Gasteiger partial charge on any atom is 0.254 e. The number of rotatable bonds is 6. The van der Waals surface area contributed by atoms with E-state index in [-0.39, 0.29) is 5.91 Å². The Hall–Kier alpha value is -3.81. The predicted octanol–water partition coefficient (Wildman–Crippen LogP) is 2.64. The molecule has 0 aliphatic carbocycles. The van der Waals surface area contributed by atoms with E-state index in [1.807, 2.05) is 58.1 Å². The van der Waals surface area contributed by atoms with E-state index in [4.69, 9.17) is 9.47 Å². The average Bonchev–Trinajstić information content (AvgIpc) is 3.39. The Balaban J connectivity index is 1.42. The van der Waals surface area contributed by atoms with E-state index < -0.39 is 6.04 Å². The standard InChI is InChI=1S/C22H21N5O3/c1-29-20-16-13-27-19(15-5-3-2-4-6-15)21(28)25-22(27)24-17(16)7-8-18(20)30-12-11-26-10-9-23-14-26/h2-10,14,19H,11-13H2,1H3,(H,24,25,28). The van der Waals surface area contributed by atoms with Gasteiger partial charge in [0.1, 0.15) is 12.6 Å². The average molecular weight is 403 g/mol. The zero-order chi connectivity index (χ0) is 20.5. The summed E-state index contributed by atoms with van der Waals surface area (Å²) < 4.78 is 13.6. The molecule has 30 heavy (non-hydrogen) atoms. The largest absolute Gasteiger partial charge is 0.492 e. The summed E-state index contributed by atoms with van der Waals surface area (Å²) >= 11 is 0. The van der Waals surface area contributed by atoms with Crippen LogP contribution in [0.2, 0.25) is 0 Å². The molecule has 0 bridgehead atoms. The molecule has 1 amide bonds. The van der Waals surface area contributed by atoms with E-state index in [1.54, 1.807) is 19.6 Å². The maximum atomic E-state index is 12.7. The van der Waals surface area contributed by atoms with Crippen LogP contribution in [0, 0.1) is 0 Å². The molecule has 1 N–H and O–H groups in total. The summed E-state index contributed by atoms with van der Waals surface area (Å²) in [6.45, 7) is 1.66. The zero-order valence-electron chi connectivity index (χ0n) is 16.5. The Bertz CT molecular complexity index is 1100. The lowest BCUT2D eigenvalue weighted by Gasteiger charge is -2.29. The summed E-state index contributed by atoms with van der Waals surface area (Å²) in [4.78, 5) is 23.3. The van der Waals surface area contributed by atoms with Gasteiger partial charge in [-0.3, -0.25) is 10.1 Å². The Morgan fingerprint density at radius 3 is 2.83 bits per heavy atom. The maximum absolute atomic E-state index is 12.7. The number of ether oxygens (including phenoxy) is 2. The quantitative estimate of drug-likeness (QED) is 0.684. The van der Waals surface area contributed by atoms with E-state index in [9.17, 15) is 4.79 Å². The summed E-state index contributed by atoms with van der Waals surface area (Å²) in [5, 5.41) is 2.90. The summed E-state index contributed by atoms with van der Waals surface area (Å²) in [7, 11) is 1.62. The van der Waals surface area contributed by atoms with Gasteiger partial charge < -0.3 is 18.9 Å². The summed E-state index contributed by atoms with van der Waals surface area (Å²) in [5.41, 5.74) is 2.60. The molecular weight excluding hydrogens is 382 g/mol. The van der Waals surface area contributed by atoms with Crippen LogP contribution in [0.3, 0.4) is 0 Å². The van der Waals surface area contributed by atoms with Crippen LogP contribution in [0.5, 0.6) is 11.5 Å². The Morgan fingerprint density at radius 1 is 1.20 bits per heavy atom. The van der Waals surface area contributed by atoms with E-state index in [0.717, 1.165) is 16.8 Å². The number of carbonyl (C=O) groups excluding carboxylic acids is 1.